The molecule has 0 aliphatic heterocycles. The average molecular weight is 448 g/mol. The highest BCUT2D eigenvalue weighted by atomic mass is 16.1. The first-order valence-electron chi connectivity index (χ1n) is 10.8. The molecule has 0 radical (unpaired) electrons. The number of hydrogen-bond acceptors (Lipinski definition) is 6. The second-order valence-corrected chi connectivity index (χ2v) is 7.70. The Morgan fingerprint density at radius 2 is 1.53 bits per heavy atom. The molecule has 0 fully saturated rings. The van der Waals surface area contributed by atoms with Gasteiger partial charge in [-0.1, -0.05) is 65.9 Å². The van der Waals surface area contributed by atoms with Gasteiger partial charge in [-0.25, -0.2) is 14.6 Å². The van der Waals surface area contributed by atoms with Crippen molar-refractivity contribution in [2.75, 3.05) is 5.32 Å². The van der Waals surface area contributed by atoms with E-state index >= 15 is 0 Å². The summed E-state index contributed by atoms with van der Waals surface area (Å²) in [6.07, 6.45) is 5.13. The zero-order chi connectivity index (χ0) is 23.3. The van der Waals surface area contributed by atoms with E-state index in [1.54, 1.807) is 23.3 Å². The molecule has 0 saturated carbocycles. The van der Waals surface area contributed by atoms with Crippen molar-refractivity contribution in [1.82, 2.24) is 29.9 Å². The van der Waals surface area contributed by atoms with Crippen LogP contribution in [0.25, 0.3) is 28.1 Å². The lowest BCUT2D eigenvalue weighted by molar-refractivity contribution is -0.115. The van der Waals surface area contributed by atoms with E-state index in [1.165, 1.54) is 0 Å². The number of hydrogen-bond donors (Lipinski definition) is 1. The quantitative estimate of drug-likeness (QED) is 0.417. The van der Waals surface area contributed by atoms with Crippen LogP contribution in [0, 0.1) is 6.92 Å². The maximum atomic E-state index is 12.8. The molecule has 34 heavy (non-hydrogen) atoms. The monoisotopic (exact) mass is 447 g/mol. The summed E-state index contributed by atoms with van der Waals surface area (Å²) in [6, 6.07) is 23.4. The number of carbonyl (C=O) groups is 1. The Bertz CT molecular complexity index is 1420. The third-order valence-electron chi connectivity index (χ3n) is 5.25. The molecule has 3 heterocycles. The van der Waals surface area contributed by atoms with Gasteiger partial charge in [0.15, 0.2) is 0 Å². The third-order valence-corrected chi connectivity index (χ3v) is 5.25. The van der Waals surface area contributed by atoms with Crippen LogP contribution in [-0.4, -0.2) is 35.9 Å². The molecule has 5 rings (SSSR count). The number of pyridine rings is 1. The van der Waals surface area contributed by atoms with Crippen molar-refractivity contribution >= 4 is 11.9 Å². The van der Waals surface area contributed by atoms with Crippen LogP contribution in [0.4, 0.5) is 5.95 Å². The Balaban J connectivity index is 1.39. The van der Waals surface area contributed by atoms with Gasteiger partial charge in [0.25, 0.3) is 0 Å². The predicted molar refractivity (Wildman–Crippen MR) is 129 cm³/mol. The molecule has 8 nitrogen and oxygen atoms in total. The maximum Gasteiger partial charge on any atom is 0.232 e. The fourth-order valence-corrected chi connectivity index (χ4v) is 3.65. The van der Waals surface area contributed by atoms with Gasteiger partial charge >= 0.3 is 0 Å². The first-order valence-corrected chi connectivity index (χ1v) is 10.8. The van der Waals surface area contributed by atoms with E-state index in [-0.39, 0.29) is 18.3 Å². The summed E-state index contributed by atoms with van der Waals surface area (Å²) < 4.78 is 1.73. The zero-order valence-electron chi connectivity index (χ0n) is 18.5. The molecule has 5 aromatic rings. The summed E-state index contributed by atoms with van der Waals surface area (Å²) in [5.41, 5.74) is 5.79. The van der Waals surface area contributed by atoms with Crippen molar-refractivity contribution in [3.05, 3.63) is 103 Å². The van der Waals surface area contributed by atoms with Crippen molar-refractivity contribution in [2.24, 2.45) is 0 Å². The Hall–Kier alpha value is -4.72. The minimum absolute atomic E-state index is 0.0259. The molecule has 0 saturated heterocycles. The second-order valence-electron chi connectivity index (χ2n) is 7.70. The molecule has 0 aliphatic carbocycles. The SMILES string of the molecule is Cc1cc(-n2nnc(CC(=O)Nc3ncc(-c4ccccc4)cn3)c2-c2ccccc2)ccn1. The second kappa shape index (κ2) is 9.41. The lowest BCUT2D eigenvalue weighted by atomic mass is 10.1. The molecule has 0 bridgehead atoms. The van der Waals surface area contributed by atoms with Gasteiger partial charge < -0.3 is 0 Å². The van der Waals surface area contributed by atoms with Crippen molar-refractivity contribution in [3.8, 4) is 28.1 Å². The number of anilines is 1. The van der Waals surface area contributed by atoms with Crippen molar-refractivity contribution in [2.45, 2.75) is 13.3 Å². The van der Waals surface area contributed by atoms with E-state index in [0.717, 1.165) is 33.8 Å². The van der Waals surface area contributed by atoms with Gasteiger partial charge in [-0.3, -0.25) is 15.1 Å². The van der Waals surface area contributed by atoms with Crippen LogP contribution in [0.1, 0.15) is 11.4 Å². The van der Waals surface area contributed by atoms with Crippen LogP contribution in [0.3, 0.4) is 0 Å². The number of aryl methyl sites for hydroxylation is 1. The van der Waals surface area contributed by atoms with Gasteiger partial charge in [0, 0.05) is 35.4 Å². The van der Waals surface area contributed by atoms with E-state index in [9.17, 15) is 4.79 Å². The highest BCUT2D eigenvalue weighted by Crippen LogP contribution is 2.26. The standard InChI is InChI=1S/C26H21N7O/c1-18-14-22(12-13-27-18)33-25(20-10-6-3-7-11-20)23(31-32-33)15-24(34)30-26-28-16-21(17-29-26)19-8-4-2-5-9-19/h2-14,16-17H,15H2,1H3,(H,28,29,30,34). The summed E-state index contributed by atoms with van der Waals surface area (Å²) in [4.78, 5) is 25.7. The fraction of sp³-hybridized carbons (Fsp3) is 0.0769. The van der Waals surface area contributed by atoms with Crippen LogP contribution in [-0.2, 0) is 11.2 Å². The fourth-order valence-electron chi connectivity index (χ4n) is 3.65. The van der Waals surface area contributed by atoms with E-state index in [4.69, 9.17) is 0 Å². The molecular weight excluding hydrogens is 426 g/mol. The van der Waals surface area contributed by atoms with Gasteiger partial charge in [0.2, 0.25) is 11.9 Å². The van der Waals surface area contributed by atoms with Gasteiger partial charge in [-0.05, 0) is 24.6 Å². The first-order chi connectivity index (χ1) is 16.7. The summed E-state index contributed by atoms with van der Waals surface area (Å²) in [5.74, 6) is -0.0364. The number of nitrogens with one attached hydrogen (secondary N) is 1. The van der Waals surface area contributed by atoms with Crippen LogP contribution in [0.15, 0.2) is 91.4 Å². The maximum absolute atomic E-state index is 12.8. The molecule has 1 amide bonds. The van der Waals surface area contributed by atoms with E-state index in [1.807, 2.05) is 79.7 Å². The molecule has 8 heteroatoms. The number of aromatic nitrogens is 6. The normalized spacial score (nSPS) is 10.7. The smallest absolute Gasteiger partial charge is 0.232 e. The molecular formula is C26H21N7O. The molecule has 2 aromatic carbocycles. The lowest BCUT2D eigenvalue weighted by Crippen LogP contribution is -2.17. The van der Waals surface area contributed by atoms with Crippen LogP contribution < -0.4 is 5.32 Å². The Kier molecular flexibility index (Phi) is 5.85. The largest absolute Gasteiger partial charge is 0.294 e. The predicted octanol–water partition coefficient (Wildman–Crippen LogP) is 4.28. The van der Waals surface area contributed by atoms with E-state index < -0.39 is 0 Å². The third kappa shape index (κ3) is 4.56. The highest BCUT2D eigenvalue weighted by Gasteiger charge is 2.19. The molecule has 1 N–H and O–H groups in total. The highest BCUT2D eigenvalue weighted by molar-refractivity contribution is 5.91. The molecule has 0 atom stereocenters. The lowest BCUT2D eigenvalue weighted by Gasteiger charge is -2.09. The molecule has 0 spiro atoms. The topological polar surface area (TPSA) is 98.5 Å². The minimum atomic E-state index is -0.275. The molecule has 166 valence electrons. The number of rotatable bonds is 6. The summed E-state index contributed by atoms with van der Waals surface area (Å²) in [5, 5.41) is 11.4. The van der Waals surface area contributed by atoms with Crippen LogP contribution >= 0.6 is 0 Å². The van der Waals surface area contributed by atoms with Crippen molar-refractivity contribution < 1.29 is 4.79 Å². The average Bonchev–Trinajstić information content (AvgIpc) is 3.29. The molecule has 3 aromatic heterocycles. The summed E-state index contributed by atoms with van der Waals surface area (Å²) >= 11 is 0. The number of benzene rings is 2. The van der Waals surface area contributed by atoms with Gasteiger partial charge in [-0.2, -0.15) is 0 Å². The number of nitrogens with zero attached hydrogens (tertiary/aromatic N) is 6. The van der Waals surface area contributed by atoms with E-state index in [2.05, 4.69) is 30.6 Å². The minimum Gasteiger partial charge on any atom is -0.294 e. The van der Waals surface area contributed by atoms with Gasteiger partial charge in [0.05, 0.1) is 17.8 Å². The number of carbonyl (C=O) groups excluding carboxylic acids is 1. The van der Waals surface area contributed by atoms with Crippen LogP contribution in [0.5, 0.6) is 0 Å². The van der Waals surface area contributed by atoms with E-state index in [0.29, 0.717) is 5.69 Å². The summed E-state index contributed by atoms with van der Waals surface area (Å²) in [6.45, 7) is 1.92. The zero-order valence-corrected chi connectivity index (χ0v) is 18.5. The van der Waals surface area contributed by atoms with Gasteiger partial charge in [-0.15, -0.1) is 5.10 Å². The molecule has 0 aliphatic rings. The first kappa shape index (κ1) is 21.1. The summed E-state index contributed by atoms with van der Waals surface area (Å²) in [7, 11) is 0. The Morgan fingerprint density at radius 1 is 0.853 bits per heavy atom. The Labute approximate surface area is 196 Å². The molecule has 0 unspecified atom stereocenters. The van der Waals surface area contributed by atoms with Gasteiger partial charge in [0.1, 0.15) is 5.69 Å². The number of amides is 1. The van der Waals surface area contributed by atoms with Crippen molar-refractivity contribution in [3.63, 3.8) is 0 Å². The van der Waals surface area contributed by atoms with Crippen LogP contribution in [0.2, 0.25) is 0 Å². The Morgan fingerprint density at radius 3 is 2.21 bits per heavy atom. The van der Waals surface area contributed by atoms with Crippen molar-refractivity contribution in [1.29, 1.82) is 0 Å².